The Morgan fingerprint density at radius 3 is 1.92 bits per heavy atom. The Morgan fingerprint density at radius 1 is 0.676 bits per heavy atom. The Labute approximate surface area is 224 Å². The van der Waals surface area contributed by atoms with Crippen LogP contribution >= 0.6 is 0 Å². The minimum absolute atomic E-state index is 0.944. The van der Waals surface area contributed by atoms with Crippen molar-refractivity contribution in [1.29, 1.82) is 5.26 Å². The first-order valence-electron chi connectivity index (χ1n) is 12.6. The smallest absolute Gasteiger partial charge is 0.217 e. The van der Waals surface area contributed by atoms with Gasteiger partial charge < -0.3 is 12.6 Å². The maximum absolute atomic E-state index is 7.13. The summed E-state index contributed by atoms with van der Waals surface area (Å²) in [5.74, 6) is 0. The summed E-state index contributed by atoms with van der Waals surface area (Å²) >= 11 is 3.70. The second kappa shape index (κ2) is 11.6. The SMILES string of the molecule is N#C[S-].c1ccc(CC[n+]2c(-c3ccccc3)cc(-c3ccccc3)c3c2-c2ccccc2CC3)cc1. The van der Waals surface area contributed by atoms with Crippen molar-refractivity contribution in [2.45, 2.75) is 25.8 Å². The van der Waals surface area contributed by atoms with Crippen LogP contribution in [0.5, 0.6) is 0 Å². The van der Waals surface area contributed by atoms with Gasteiger partial charge in [0.15, 0.2) is 6.54 Å². The lowest BCUT2D eigenvalue weighted by Crippen LogP contribution is -2.42. The zero-order valence-corrected chi connectivity index (χ0v) is 21.5. The molecule has 180 valence electrons. The molecule has 5 aromatic rings. The summed E-state index contributed by atoms with van der Waals surface area (Å²) in [6.45, 7) is 0.944. The normalized spacial score (nSPS) is 11.3. The lowest BCUT2D eigenvalue weighted by atomic mass is 9.83. The van der Waals surface area contributed by atoms with Crippen LogP contribution in [0.15, 0.2) is 121 Å². The number of thiocyanates is 1. The minimum Gasteiger partial charge on any atom is -0.696 e. The number of rotatable bonds is 5. The number of fused-ring (bicyclic) bond motifs is 3. The van der Waals surface area contributed by atoms with Crippen LogP contribution in [0.25, 0.3) is 33.6 Å². The quantitative estimate of drug-likeness (QED) is 0.145. The molecular weight excluding hydrogens is 468 g/mol. The van der Waals surface area contributed by atoms with Crippen LogP contribution in [0.1, 0.15) is 16.7 Å². The third-order valence-electron chi connectivity index (χ3n) is 6.99. The molecule has 0 saturated heterocycles. The van der Waals surface area contributed by atoms with Gasteiger partial charge >= 0.3 is 0 Å². The molecule has 0 atom stereocenters. The van der Waals surface area contributed by atoms with Crippen molar-refractivity contribution in [3.63, 3.8) is 0 Å². The lowest BCUT2D eigenvalue weighted by molar-refractivity contribution is -0.675. The Bertz CT molecular complexity index is 1520. The number of aryl methyl sites for hydroxylation is 2. The molecule has 1 aliphatic carbocycles. The Balaban J connectivity index is 0.000000892. The third kappa shape index (κ3) is 5.31. The highest BCUT2D eigenvalue weighted by molar-refractivity contribution is 7.64. The van der Waals surface area contributed by atoms with Crippen LogP contribution in [0.4, 0.5) is 0 Å². The number of benzene rings is 4. The molecule has 6 rings (SSSR count). The molecule has 1 heterocycles. The maximum atomic E-state index is 7.13. The third-order valence-corrected chi connectivity index (χ3v) is 6.99. The van der Waals surface area contributed by atoms with Gasteiger partial charge in [0, 0.05) is 29.2 Å². The highest BCUT2D eigenvalue weighted by atomic mass is 32.1. The molecule has 1 aromatic heterocycles. The van der Waals surface area contributed by atoms with Gasteiger partial charge in [-0.05, 0) is 53.3 Å². The van der Waals surface area contributed by atoms with Crippen molar-refractivity contribution in [1.82, 2.24) is 0 Å². The zero-order valence-electron chi connectivity index (χ0n) is 20.7. The first kappa shape index (κ1) is 24.4. The molecule has 0 fully saturated rings. The van der Waals surface area contributed by atoms with E-state index < -0.39 is 0 Å². The molecule has 1 aliphatic rings. The molecule has 3 heteroatoms. The highest BCUT2D eigenvalue weighted by Crippen LogP contribution is 2.39. The van der Waals surface area contributed by atoms with Gasteiger partial charge in [-0.25, -0.2) is 5.26 Å². The first-order valence-corrected chi connectivity index (χ1v) is 13.0. The summed E-state index contributed by atoms with van der Waals surface area (Å²) in [4.78, 5) is 0. The maximum Gasteiger partial charge on any atom is 0.217 e. The van der Waals surface area contributed by atoms with E-state index >= 15 is 0 Å². The highest BCUT2D eigenvalue weighted by Gasteiger charge is 2.31. The van der Waals surface area contributed by atoms with E-state index in [2.05, 4.69) is 139 Å². The van der Waals surface area contributed by atoms with Crippen LogP contribution in [-0.2, 0) is 38.4 Å². The molecule has 4 aromatic carbocycles. The van der Waals surface area contributed by atoms with Crippen molar-refractivity contribution in [2.24, 2.45) is 0 Å². The number of hydrogen-bond acceptors (Lipinski definition) is 2. The second-order valence-electron chi connectivity index (χ2n) is 9.14. The van der Waals surface area contributed by atoms with Gasteiger partial charge in [-0.1, -0.05) is 102 Å². The molecule has 0 aliphatic heterocycles. The number of aromatic nitrogens is 1. The van der Waals surface area contributed by atoms with E-state index in [-0.39, 0.29) is 0 Å². The summed E-state index contributed by atoms with van der Waals surface area (Å²) in [7, 11) is 0. The van der Waals surface area contributed by atoms with E-state index in [1.165, 1.54) is 55.7 Å². The number of pyridine rings is 1. The van der Waals surface area contributed by atoms with Gasteiger partial charge in [-0.15, -0.1) is 0 Å². The van der Waals surface area contributed by atoms with E-state index in [1.807, 2.05) is 0 Å². The zero-order chi connectivity index (χ0) is 25.5. The molecule has 37 heavy (non-hydrogen) atoms. The molecule has 0 N–H and O–H groups in total. The summed E-state index contributed by atoms with van der Waals surface area (Å²) in [6.07, 6.45) is 3.16. The minimum atomic E-state index is 0.944. The predicted octanol–water partition coefficient (Wildman–Crippen LogP) is 7.33. The van der Waals surface area contributed by atoms with Gasteiger partial charge in [0.2, 0.25) is 11.4 Å². The van der Waals surface area contributed by atoms with E-state index in [4.69, 9.17) is 5.26 Å². The summed E-state index contributed by atoms with van der Waals surface area (Å²) in [5.41, 5.74) is 12.3. The Morgan fingerprint density at radius 2 is 1.24 bits per heavy atom. The Kier molecular flexibility index (Phi) is 7.69. The molecule has 0 unspecified atom stereocenters. The predicted molar refractivity (Wildman–Crippen MR) is 153 cm³/mol. The van der Waals surface area contributed by atoms with Crippen molar-refractivity contribution in [3.8, 4) is 39.0 Å². The number of hydrogen-bond donors (Lipinski definition) is 0. The van der Waals surface area contributed by atoms with Crippen LogP contribution in [0.3, 0.4) is 0 Å². The van der Waals surface area contributed by atoms with Gasteiger partial charge in [-0.3, -0.25) is 0 Å². The van der Waals surface area contributed by atoms with Crippen molar-refractivity contribution in [2.75, 3.05) is 0 Å². The van der Waals surface area contributed by atoms with Gasteiger partial charge in [-0.2, -0.15) is 4.57 Å². The van der Waals surface area contributed by atoms with Gasteiger partial charge in [0.05, 0.1) is 0 Å². The lowest BCUT2D eigenvalue weighted by Gasteiger charge is -2.23. The molecule has 2 nitrogen and oxygen atoms in total. The topological polar surface area (TPSA) is 27.7 Å². The Hall–Kier alpha value is -4.26. The molecule has 0 bridgehead atoms. The standard InChI is InChI=1S/C33H28N.CHNS/c1-4-12-25(13-5-1)22-23-34-32(28-17-8-3-9-18-28)24-31(26-14-6-2-7-15-26)30-21-20-27-16-10-11-19-29(27)33(30)34;2-1-3/h1-19,24H,20-23H2;3H/q+1;/p-1. The molecular formula is C34H28N2S. The fourth-order valence-corrected chi connectivity index (χ4v) is 5.34. The monoisotopic (exact) mass is 496 g/mol. The van der Waals surface area contributed by atoms with E-state index in [0.717, 1.165) is 25.8 Å². The average molecular weight is 497 g/mol. The van der Waals surface area contributed by atoms with Gasteiger partial charge in [0.1, 0.15) is 0 Å². The van der Waals surface area contributed by atoms with Crippen LogP contribution in [0, 0.1) is 10.7 Å². The van der Waals surface area contributed by atoms with E-state index in [9.17, 15) is 0 Å². The largest absolute Gasteiger partial charge is 0.696 e. The summed E-state index contributed by atoms with van der Waals surface area (Å²) < 4.78 is 2.59. The van der Waals surface area contributed by atoms with Crippen molar-refractivity contribution in [3.05, 3.63) is 138 Å². The van der Waals surface area contributed by atoms with Crippen molar-refractivity contribution >= 4 is 12.6 Å². The van der Waals surface area contributed by atoms with Crippen molar-refractivity contribution < 1.29 is 4.57 Å². The molecule has 0 amide bonds. The fraction of sp³-hybridized carbons (Fsp3) is 0.118. The van der Waals surface area contributed by atoms with E-state index in [1.54, 1.807) is 0 Å². The molecule has 0 saturated carbocycles. The van der Waals surface area contributed by atoms with Gasteiger partial charge in [0.25, 0.3) is 0 Å². The summed E-state index contributed by atoms with van der Waals surface area (Å²) in [5, 5.41) is 8.47. The first-order chi connectivity index (χ1) is 18.3. The number of nitrogens with zero attached hydrogens (tertiary/aromatic N) is 2. The average Bonchev–Trinajstić information content (AvgIpc) is 2.97. The number of nitriles is 1. The fourth-order valence-electron chi connectivity index (χ4n) is 5.34. The molecule has 0 radical (unpaired) electrons. The molecule has 0 spiro atoms. The van der Waals surface area contributed by atoms with E-state index in [0.29, 0.717) is 0 Å². The second-order valence-corrected chi connectivity index (χ2v) is 9.32. The van der Waals surface area contributed by atoms with Crippen LogP contribution in [-0.4, -0.2) is 0 Å². The van der Waals surface area contributed by atoms with Crippen LogP contribution < -0.4 is 4.57 Å². The summed E-state index contributed by atoms with van der Waals surface area (Å²) in [6, 6.07) is 44.0. The van der Waals surface area contributed by atoms with Crippen LogP contribution in [0.2, 0.25) is 0 Å².